The van der Waals surface area contributed by atoms with E-state index in [1.807, 2.05) is 49.0 Å². The zero-order valence-electron chi connectivity index (χ0n) is 17.1. The van der Waals surface area contributed by atoms with E-state index in [-0.39, 0.29) is 5.56 Å². The maximum atomic E-state index is 12.9. The molecule has 5 heterocycles. The molecule has 5 rings (SSSR count). The van der Waals surface area contributed by atoms with Gasteiger partial charge >= 0.3 is 0 Å². The van der Waals surface area contributed by atoms with Crippen molar-refractivity contribution in [2.75, 3.05) is 20.1 Å². The van der Waals surface area contributed by atoms with Crippen LogP contribution in [0.2, 0.25) is 0 Å². The predicted octanol–water partition coefficient (Wildman–Crippen LogP) is 3.44. The van der Waals surface area contributed by atoms with Crippen molar-refractivity contribution < 1.29 is 0 Å². The van der Waals surface area contributed by atoms with E-state index in [1.165, 1.54) is 5.56 Å². The highest BCUT2D eigenvalue weighted by Gasteiger charge is 2.19. The van der Waals surface area contributed by atoms with Crippen molar-refractivity contribution in [1.29, 1.82) is 0 Å². The summed E-state index contributed by atoms with van der Waals surface area (Å²) >= 11 is 0. The highest BCUT2D eigenvalue weighted by molar-refractivity contribution is 5.65. The Morgan fingerprint density at radius 2 is 1.79 bits per heavy atom. The number of piperidine rings is 1. The molecule has 0 aromatic carbocycles. The largest absolute Gasteiger partial charge is 0.306 e. The van der Waals surface area contributed by atoms with Crippen LogP contribution in [0, 0.1) is 13.8 Å². The van der Waals surface area contributed by atoms with Gasteiger partial charge in [-0.25, -0.2) is 9.97 Å². The number of imidazole rings is 1. The summed E-state index contributed by atoms with van der Waals surface area (Å²) in [7, 11) is 2.16. The Hall–Kier alpha value is -2.99. The van der Waals surface area contributed by atoms with Gasteiger partial charge in [0.15, 0.2) is 0 Å². The van der Waals surface area contributed by atoms with Crippen molar-refractivity contribution in [3.63, 3.8) is 0 Å². The molecule has 1 aliphatic rings. The van der Waals surface area contributed by atoms with Crippen LogP contribution in [-0.4, -0.2) is 43.8 Å². The van der Waals surface area contributed by atoms with Gasteiger partial charge in [0.2, 0.25) is 0 Å². The van der Waals surface area contributed by atoms with Crippen LogP contribution in [0.5, 0.6) is 0 Å². The first kappa shape index (κ1) is 18.1. The van der Waals surface area contributed by atoms with Gasteiger partial charge in [-0.2, -0.15) is 0 Å². The molecule has 0 aliphatic carbocycles. The van der Waals surface area contributed by atoms with E-state index in [0.717, 1.165) is 48.4 Å². The second-order valence-electron chi connectivity index (χ2n) is 8.27. The fraction of sp³-hybridized carbons (Fsp3) is 0.348. The summed E-state index contributed by atoms with van der Waals surface area (Å²) in [6.07, 6.45) is 8.23. The minimum Gasteiger partial charge on any atom is -0.306 e. The van der Waals surface area contributed by atoms with Gasteiger partial charge in [0, 0.05) is 30.2 Å². The summed E-state index contributed by atoms with van der Waals surface area (Å²) in [4.78, 5) is 24.6. The summed E-state index contributed by atoms with van der Waals surface area (Å²) in [5.74, 6) is 0.511. The second-order valence-corrected chi connectivity index (χ2v) is 8.27. The van der Waals surface area contributed by atoms with Gasteiger partial charge in [-0.1, -0.05) is 6.07 Å². The van der Waals surface area contributed by atoms with E-state index in [1.54, 1.807) is 10.5 Å². The minimum absolute atomic E-state index is 0.0423. The van der Waals surface area contributed by atoms with Gasteiger partial charge in [0.1, 0.15) is 11.3 Å². The summed E-state index contributed by atoms with van der Waals surface area (Å²) in [6.45, 7) is 6.22. The molecule has 0 atom stereocenters. The maximum absolute atomic E-state index is 12.9. The van der Waals surface area contributed by atoms with Crippen LogP contribution in [0.25, 0.3) is 22.6 Å². The molecule has 6 heteroatoms. The number of aromatic nitrogens is 4. The van der Waals surface area contributed by atoms with E-state index < -0.39 is 0 Å². The molecule has 0 spiro atoms. The molecule has 0 unspecified atom stereocenters. The van der Waals surface area contributed by atoms with E-state index >= 15 is 0 Å². The lowest BCUT2D eigenvalue weighted by Gasteiger charge is -2.29. The number of rotatable bonds is 2. The SMILES string of the molecule is Cc1cn2cc(-c3cc(=O)n4cc(C5CCN(C)CC5)ccc4n3)cc(C)c2n1. The van der Waals surface area contributed by atoms with E-state index in [4.69, 9.17) is 4.98 Å². The molecular formula is C23H25N5O. The Morgan fingerprint density at radius 3 is 2.59 bits per heavy atom. The number of hydrogen-bond donors (Lipinski definition) is 0. The van der Waals surface area contributed by atoms with E-state index in [9.17, 15) is 4.79 Å². The standard InChI is InChI=1S/C23H25N5O/c1-15-10-19(13-27-12-16(2)24-23(15)27)20-11-22(29)28-14-18(4-5-21(28)25-20)17-6-8-26(3)9-7-17/h4-5,10-14,17H,6-9H2,1-3H3. The number of likely N-dealkylation sites (tertiary alicyclic amines) is 1. The molecule has 0 saturated carbocycles. The van der Waals surface area contributed by atoms with E-state index in [0.29, 0.717) is 17.3 Å². The number of hydrogen-bond acceptors (Lipinski definition) is 4. The van der Waals surface area contributed by atoms with Crippen LogP contribution in [-0.2, 0) is 0 Å². The van der Waals surface area contributed by atoms with Crippen molar-refractivity contribution >= 4 is 11.3 Å². The third-order valence-electron chi connectivity index (χ3n) is 6.02. The van der Waals surface area contributed by atoms with Crippen molar-refractivity contribution in [1.82, 2.24) is 23.7 Å². The lowest BCUT2D eigenvalue weighted by Crippen LogP contribution is -2.29. The van der Waals surface area contributed by atoms with Gasteiger partial charge in [0.25, 0.3) is 5.56 Å². The molecular weight excluding hydrogens is 362 g/mol. The van der Waals surface area contributed by atoms with Crippen LogP contribution in [0.1, 0.15) is 35.6 Å². The van der Waals surface area contributed by atoms with Gasteiger partial charge in [-0.15, -0.1) is 0 Å². The van der Waals surface area contributed by atoms with Crippen LogP contribution < -0.4 is 5.56 Å². The second kappa shape index (κ2) is 6.81. The third-order valence-corrected chi connectivity index (χ3v) is 6.02. The summed E-state index contributed by atoms with van der Waals surface area (Å²) < 4.78 is 3.69. The van der Waals surface area contributed by atoms with Crippen LogP contribution in [0.15, 0.2) is 47.7 Å². The predicted molar refractivity (Wildman–Crippen MR) is 115 cm³/mol. The van der Waals surface area contributed by atoms with Crippen molar-refractivity contribution in [2.45, 2.75) is 32.6 Å². The van der Waals surface area contributed by atoms with E-state index in [2.05, 4.69) is 23.0 Å². The first-order valence-corrected chi connectivity index (χ1v) is 10.2. The number of nitrogens with zero attached hydrogens (tertiary/aromatic N) is 5. The average molecular weight is 387 g/mol. The molecule has 1 fully saturated rings. The van der Waals surface area contributed by atoms with Gasteiger partial charge < -0.3 is 9.30 Å². The van der Waals surface area contributed by atoms with Crippen molar-refractivity contribution in [2.24, 2.45) is 0 Å². The maximum Gasteiger partial charge on any atom is 0.258 e. The number of pyridine rings is 2. The zero-order valence-corrected chi connectivity index (χ0v) is 17.1. The first-order chi connectivity index (χ1) is 14.0. The minimum atomic E-state index is -0.0423. The molecule has 1 aliphatic heterocycles. The Balaban J connectivity index is 1.57. The van der Waals surface area contributed by atoms with Crippen molar-refractivity contribution in [3.8, 4) is 11.3 Å². The number of fused-ring (bicyclic) bond motifs is 2. The Labute approximate surface area is 169 Å². The van der Waals surface area contributed by atoms with Crippen molar-refractivity contribution in [3.05, 3.63) is 70.0 Å². The molecule has 0 radical (unpaired) electrons. The first-order valence-electron chi connectivity index (χ1n) is 10.2. The van der Waals surface area contributed by atoms with Crippen LogP contribution >= 0.6 is 0 Å². The van der Waals surface area contributed by atoms with Gasteiger partial charge in [-0.3, -0.25) is 9.20 Å². The van der Waals surface area contributed by atoms with Crippen LogP contribution in [0.3, 0.4) is 0 Å². The fourth-order valence-corrected chi connectivity index (χ4v) is 4.38. The average Bonchev–Trinajstić information content (AvgIpc) is 3.09. The van der Waals surface area contributed by atoms with Crippen LogP contribution in [0.4, 0.5) is 0 Å². The summed E-state index contributed by atoms with van der Waals surface area (Å²) in [5.41, 5.74) is 6.46. The Kier molecular flexibility index (Phi) is 4.24. The van der Waals surface area contributed by atoms with Gasteiger partial charge in [0.05, 0.1) is 11.4 Å². The molecule has 6 nitrogen and oxygen atoms in total. The Bertz CT molecular complexity index is 1280. The lowest BCUT2D eigenvalue weighted by atomic mass is 9.91. The molecule has 0 amide bonds. The highest BCUT2D eigenvalue weighted by Crippen LogP contribution is 2.28. The summed E-state index contributed by atoms with van der Waals surface area (Å²) in [5, 5.41) is 0. The zero-order chi connectivity index (χ0) is 20.1. The highest BCUT2D eigenvalue weighted by atomic mass is 16.1. The topological polar surface area (TPSA) is 54.9 Å². The molecule has 29 heavy (non-hydrogen) atoms. The molecule has 148 valence electrons. The smallest absolute Gasteiger partial charge is 0.258 e. The molecule has 0 bridgehead atoms. The quantitative estimate of drug-likeness (QED) is 0.529. The summed E-state index contributed by atoms with van der Waals surface area (Å²) in [6, 6.07) is 7.79. The fourth-order valence-electron chi connectivity index (χ4n) is 4.38. The van der Waals surface area contributed by atoms with Gasteiger partial charge in [-0.05, 0) is 76.0 Å². The monoisotopic (exact) mass is 387 g/mol. The Morgan fingerprint density at radius 1 is 1.00 bits per heavy atom. The normalized spacial score (nSPS) is 16.1. The molecule has 4 aromatic rings. The molecule has 4 aromatic heterocycles. The molecule has 1 saturated heterocycles. The molecule has 0 N–H and O–H groups in total. The third kappa shape index (κ3) is 3.23. The number of aryl methyl sites for hydroxylation is 2. The lowest BCUT2D eigenvalue weighted by molar-refractivity contribution is 0.255.